The van der Waals surface area contributed by atoms with Crippen molar-refractivity contribution in [1.29, 1.82) is 0 Å². The molecule has 0 bridgehead atoms. The van der Waals surface area contributed by atoms with Gasteiger partial charge in [-0.15, -0.1) is 0 Å². The van der Waals surface area contributed by atoms with E-state index in [1.165, 1.54) is 12.7 Å². The third kappa shape index (κ3) is 4.10. The normalized spacial score (nSPS) is 17.4. The Bertz CT molecular complexity index is 765. The molecule has 5 nitrogen and oxygen atoms in total. The molecule has 1 saturated heterocycles. The van der Waals surface area contributed by atoms with Crippen LogP contribution in [0.25, 0.3) is 0 Å². The first-order chi connectivity index (χ1) is 12.1. The third-order valence-electron chi connectivity index (χ3n) is 4.71. The van der Waals surface area contributed by atoms with Gasteiger partial charge in [0.2, 0.25) is 0 Å². The molecule has 1 aromatic carbocycles. The summed E-state index contributed by atoms with van der Waals surface area (Å²) in [6, 6.07) is 7.65. The average molecular weight is 359 g/mol. The van der Waals surface area contributed by atoms with Crippen molar-refractivity contribution in [2.24, 2.45) is 0 Å². The van der Waals surface area contributed by atoms with Crippen LogP contribution in [0.1, 0.15) is 48.7 Å². The van der Waals surface area contributed by atoms with Gasteiger partial charge in [-0.25, -0.2) is 9.97 Å². The van der Waals surface area contributed by atoms with Gasteiger partial charge in [0, 0.05) is 29.4 Å². The summed E-state index contributed by atoms with van der Waals surface area (Å²) in [7, 11) is 0. The number of nitrogens with zero attached hydrogens (tertiary/aromatic N) is 3. The van der Waals surface area contributed by atoms with Crippen molar-refractivity contribution in [2.45, 2.75) is 45.6 Å². The molecule has 0 aliphatic carbocycles. The highest BCUT2D eigenvalue weighted by atomic mass is 35.5. The summed E-state index contributed by atoms with van der Waals surface area (Å²) >= 11 is 6.06. The van der Waals surface area contributed by atoms with Gasteiger partial charge in [0.25, 0.3) is 5.91 Å². The molecule has 1 aliphatic heterocycles. The zero-order chi connectivity index (χ0) is 17.8. The van der Waals surface area contributed by atoms with Gasteiger partial charge < -0.3 is 10.2 Å². The van der Waals surface area contributed by atoms with Crippen molar-refractivity contribution in [3.8, 4) is 0 Å². The van der Waals surface area contributed by atoms with E-state index >= 15 is 0 Å². The van der Waals surface area contributed by atoms with E-state index in [1.54, 1.807) is 6.07 Å². The summed E-state index contributed by atoms with van der Waals surface area (Å²) in [5, 5.41) is 3.88. The Morgan fingerprint density at radius 1 is 1.32 bits per heavy atom. The lowest BCUT2D eigenvalue weighted by Crippen LogP contribution is -2.43. The van der Waals surface area contributed by atoms with Crippen LogP contribution < -0.4 is 5.32 Å². The van der Waals surface area contributed by atoms with Crippen LogP contribution in [0.5, 0.6) is 0 Å². The lowest BCUT2D eigenvalue weighted by Gasteiger charge is -2.35. The average Bonchev–Trinajstić information content (AvgIpc) is 2.64. The van der Waals surface area contributed by atoms with E-state index in [0.717, 1.165) is 37.1 Å². The molecular weight excluding hydrogens is 336 g/mol. The van der Waals surface area contributed by atoms with Gasteiger partial charge in [-0.1, -0.05) is 24.6 Å². The van der Waals surface area contributed by atoms with Crippen molar-refractivity contribution in [3.05, 3.63) is 46.9 Å². The van der Waals surface area contributed by atoms with Crippen molar-refractivity contribution in [2.75, 3.05) is 11.9 Å². The zero-order valence-corrected chi connectivity index (χ0v) is 15.4. The summed E-state index contributed by atoms with van der Waals surface area (Å²) < 4.78 is 0. The first-order valence-electron chi connectivity index (χ1n) is 8.74. The number of rotatable bonds is 4. The maximum atomic E-state index is 12.9. The predicted octanol–water partition coefficient (Wildman–Crippen LogP) is 4.59. The Hall–Kier alpha value is -2.14. The summed E-state index contributed by atoms with van der Waals surface area (Å²) in [5.41, 5.74) is 2.35. The number of carbonyl (C=O) groups is 1. The Balaban J connectivity index is 1.81. The lowest BCUT2D eigenvalue weighted by molar-refractivity contribution is 0.0602. The maximum absolute atomic E-state index is 12.9. The summed E-state index contributed by atoms with van der Waals surface area (Å²) in [4.78, 5) is 23.3. The fourth-order valence-electron chi connectivity index (χ4n) is 3.25. The van der Waals surface area contributed by atoms with Crippen LogP contribution in [0.15, 0.2) is 30.6 Å². The number of likely N-dealkylation sites (tertiary alicyclic amines) is 1. The largest absolute Gasteiger partial charge is 0.340 e. The highest BCUT2D eigenvalue weighted by molar-refractivity contribution is 6.30. The van der Waals surface area contributed by atoms with Crippen molar-refractivity contribution in [1.82, 2.24) is 14.9 Å². The number of nitrogens with one attached hydrogen (secondary N) is 1. The highest BCUT2D eigenvalue weighted by Crippen LogP contribution is 2.25. The molecule has 0 spiro atoms. The number of carbonyl (C=O) groups excluding carboxylic acids is 1. The number of piperidine rings is 1. The molecule has 2 heterocycles. The van der Waals surface area contributed by atoms with E-state index in [4.69, 9.17) is 11.6 Å². The fraction of sp³-hybridized carbons (Fsp3) is 0.421. The first kappa shape index (κ1) is 17.7. The van der Waals surface area contributed by atoms with Gasteiger partial charge in [-0.2, -0.15) is 0 Å². The molecule has 1 unspecified atom stereocenters. The number of anilines is 2. The number of aromatic nitrogens is 2. The molecule has 1 N–H and O–H groups in total. The first-order valence-corrected chi connectivity index (χ1v) is 9.12. The Kier molecular flexibility index (Phi) is 5.53. The molecule has 1 aliphatic rings. The minimum absolute atomic E-state index is 0.0141. The van der Waals surface area contributed by atoms with Gasteiger partial charge in [-0.3, -0.25) is 4.79 Å². The standard InChI is InChI=1S/C19H23ClN4O/c1-3-15-6-4-5-9-24(15)19(25)17-11-18(22-12-21-17)23-16-10-14(20)8-7-13(16)2/h7-8,10-12,15H,3-6,9H2,1-2H3,(H,21,22,23). The van der Waals surface area contributed by atoms with E-state index in [2.05, 4.69) is 22.2 Å². The van der Waals surface area contributed by atoms with E-state index in [0.29, 0.717) is 22.6 Å². The van der Waals surface area contributed by atoms with Gasteiger partial charge in [0.15, 0.2) is 0 Å². The zero-order valence-electron chi connectivity index (χ0n) is 14.6. The molecule has 0 saturated carbocycles. The van der Waals surface area contributed by atoms with Crippen LogP contribution >= 0.6 is 11.6 Å². The Morgan fingerprint density at radius 2 is 2.16 bits per heavy atom. The second-order valence-corrected chi connectivity index (χ2v) is 6.87. The minimum atomic E-state index is -0.0141. The van der Waals surface area contributed by atoms with Crippen LogP contribution in [0, 0.1) is 6.92 Å². The second kappa shape index (κ2) is 7.83. The third-order valence-corrected chi connectivity index (χ3v) is 4.94. The van der Waals surface area contributed by atoms with E-state index in [-0.39, 0.29) is 5.91 Å². The highest BCUT2D eigenvalue weighted by Gasteiger charge is 2.27. The monoisotopic (exact) mass is 358 g/mol. The van der Waals surface area contributed by atoms with Gasteiger partial charge >= 0.3 is 0 Å². The van der Waals surface area contributed by atoms with Crippen LogP contribution in [0.3, 0.4) is 0 Å². The molecule has 1 amide bonds. The molecule has 3 rings (SSSR count). The Labute approximate surface area is 153 Å². The molecule has 2 aromatic rings. The SMILES string of the molecule is CCC1CCCCN1C(=O)c1cc(Nc2cc(Cl)ccc2C)ncn1. The second-order valence-electron chi connectivity index (χ2n) is 6.43. The fourth-order valence-corrected chi connectivity index (χ4v) is 3.42. The molecule has 1 atom stereocenters. The molecule has 6 heteroatoms. The lowest BCUT2D eigenvalue weighted by atomic mass is 9.99. The van der Waals surface area contributed by atoms with Gasteiger partial charge in [0.05, 0.1) is 0 Å². The summed E-state index contributed by atoms with van der Waals surface area (Å²) in [6.45, 7) is 4.92. The van der Waals surface area contributed by atoms with Gasteiger partial charge in [-0.05, 0) is 50.3 Å². The number of halogens is 1. The number of hydrogen-bond donors (Lipinski definition) is 1. The maximum Gasteiger partial charge on any atom is 0.272 e. The molecule has 1 aromatic heterocycles. The van der Waals surface area contributed by atoms with Crippen molar-refractivity contribution in [3.63, 3.8) is 0 Å². The molecular formula is C19H23ClN4O. The van der Waals surface area contributed by atoms with Crippen molar-refractivity contribution >= 4 is 29.0 Å². The van der Waals surface area contributed by atoms with E-state index in [1.807, 2.05) is 30.0 Å². The topological polar surface area (TPSA) is 58.1 Å². The molecule has 132 valence electrons. The van der Waals surface area contributed by atoms with Crippen LogP contribution in [0.4, 0.5) is 11.5 Å². The summed E-state index contributed by atoms with van der Waals surface area (Å²) in [6.07, 6.45) is 5.72. The number of benzene rings is 1. The van der Waals surface area contributed by atoms with Crippen LogP contribution in [-0.4, -0.2) is 33.4 Å². The molecule has 1 fully saturated rings. The quantitative estimate of drug-likeness (QED) is 0.868. The van der Waals surface area contributed by atoms with E-state index < -0.39 is 0 Å². The smallest absolute Gasteiger partial charge is 0.272 e. The van der Waals surface area contributed by atoms with E-state index in [9.17, 15) is 4.79 Å². The van der Waals surface area contributed by atoms with Gasteiger partial charge in [0.1, 0.15) is 17.8 Å². The number of hydrogen-bond acceptors (Lipinski definition) is 4. The summed E-state index contributed by atoms with van der Waals surface area (Å²) in [5.74, 6) is 0.577. The molecule has 0 radical (unpaired) electrons. The number of amides is 1. The predicted molar refractivity (Wildman–Crippen MR) is 100 cm³/mol. The minimum Gasteiger partial charge on any atom is -0.340 e. The van der Waals surface area contributed by atoms with Crippen LogP contribution in [0.2, 0.25) is 5.02 Å². The molecule has 25 heavy (non-hydrogen) atoms. The van der Waals surface area contributed by atoms with Crippen LogP contribution in [-0.2, 0) is 0 Å². The Morgan fingerprint density at radius 3 is 2.96 bits per heavy atom. The van der Waals surface area contributed by atoms with Crippen molar-refractivity contribution < 1.29 is 4.79 Å². The number of aryl methyl sites for hydroxylation is 1.